The van der Waals surface area contributed by atoms with E-state index in [2.05, 4.69) is 17.3 Å². The van der Waals surface area contributed by atoms with Crippen LogP contribution in [0, 0.1) is 0 Å². The lowest BCUT2D eigenvalue weighted by molar-refractivity contribution is 0.0659. The Hall–Kier alpha value is -1.33. The van der Waals surface area contributed by atoms with Gasteiger partial charge in [0.1, 0.15) is 5.76 Å². The molecule has 1 aromatic rings. The van der Waals surface area contributed by atoms with Crippen LogP contribution in [0.3, 0.4) is 0 Å². The SMILES string of the molecule is CC(NCC1CCCN1C)c1ccc(C(=O)O)o1. The molecule has 2 unspecified atom stereocenters. The van der Waals surface area contributed by atoms with Gasteiger partial charge in [-0.3, -0.25) is 0 Å². The summed E-state index contributed by atoms with van der Waals surface area (Å²) in [7, 11) is 2.14. The Balaban J connectivity index is 1.86. The maximum absolute atomic E-state index is 10.7. The van der Waals surface area contributed by atoms with Gasteiger partial charge in [0.2, 0.25) is 5.76 Å². The summed E-state index contributed by atoms with van der Waals surface area (Å²) in [5.74, 6) is -0.353. The van der Waals surface area contributed by atoms with Gasteiger partial charge in [-0.05, 0) is 45.5 Å². The van der Waals surface area contributed by atoms with Crippen LogP contribution in [0.4, 0.5) is 0 Å². The summed E-state index contributed by atoms with van der Waals surface area (Å²) in [6, 6.07) is 3.82. The summed E-state index contributed by atoms with van der Waals surface area (Å²) in [6.07, 6.45) is 2.47. The summed E-state index contributed by atoms with van der Waals surface area (Å²) in [6.45, 7) is 4.05. The van der Waals surface area contributed by atoms with E-state index in [0.717, 1.165) is 13.1 Å². The zero-order valence-corrected chi connectivity index (χ0v) is 10.8. The molecule has 18 heavy (non-hydrogen) atoms. The molecule has 1 aromatic heterocycles. The van der Waals surface area contributed by atoms with Crippen molar-refractivity contribution in [2.45, 2.75) is 31.8 Å². The van der Waals surface area contributed by atoms with Gasteiger partial charge >= 0.3 is 5.97 Å². The van der Waals surface area contributed by atoms with E-state index < -0.39 is 5.97 Å². The molecule has 2 atom stereocenters. The van der Waals surface area contributed by atoms with E-state index in [1.165, 1.54) is 18.9 Å². The lowest BCUT2D eigenvalue weighted by atomic mass is 10.2. The van der Waals surface area contributed by atoms with Gasteiger partial charge < -0.3 is 19.7 Å². The number of hydrogen-bond acceptors (Lipinski definition) is 4. The standard InChI is InChI=1S/C13H20N2O3/c1-9(11-5-6-12(18-11)13(16)17)14-8-10-4-3-7-15(10)2/h5-6,9-10,14H,3-4,7-8H2,1-2H3,(H,16,17). The average molecular weight is 252 g/mol. The molecule has 0 saturated carbocycles. The molecule has 1 aliphatic heterocycles. The van der Waals surface area contributed by atoms with E-state index in [1.807, 2.05) is 6.92 Å². The summed E-state index contributed by atoms with van der Waals surface area (Å²) in [4.78, 5) is 13.1. The molecule has 2 rings (SSSR count). The number of carbonyl (C=O) groups is 1. The molecule has 0 amide bonds. The summed E-state index contributed by atoms with van der Waals surface area (Å²) >= 11 is 0. The van der Waals surface area contributed by atoms with E-state index in [9.17, 15) is 4.79 Å². The van der Waals surface area contributed by atoms with Crippen LogP contribution >= 0.6 is 0 Å². The molecule has 1 fully saturated rings. The zero-order chi connectivity index (χ0) is 13.1. The molecule has 1 aliphatic rings. The normalized spacial score (nSPS) is 22.2. The van der Waals surface area contributed by atoms with Crippen LogP contribution in [0.1, 0.15) is 42.1 Å². The number of nitrogens with one attached hydrogen (secondary N) is 1. The van der Waals surface area contributed by atoms with Crippen molar-refractivity contribution in [3.05, 3.63) is 23.7 Å². The van der Waals surface area contributed by atoms with Crippen molar-refractivity contribution < 1.29 is 14.3 Å². The second-order valence-corrected chi connectivity index (χ2v) is 4.91. The van der Waals surface area contributed by atoms with Gasteiger partial charge in [0.25, 0.3) is 0 Å². The summed E-state index contributed by atoms with van der Waals surface area (Å²) in [5, 5.41) is 12.2. The first-order chi connectivity index (χ1) is 8.58. The molecule has 0 aromatic carbocycles. The highest BCUT2D eigenvalue weighted by Crippen LogP contribution is 2.18. The summed E-state index contributed by atoms with van der Waals surface area (Å²) in [5.41, 5.74) is 0. The van der Waals surface area contributed by atoms with E-state index >= 15 is 0 Å². The highest BCUT2D eigenvalue weighted by Gasteiger charge is 2.22. The van der Waals surface area contributed by atoms with Crippen LogP contribution in [0.15, 0.2) is 16.5 Å². The highest BCUT2D eigenvalue weighted by molar-refractivity contribution is 5.84. The molecule has 0 spiro atoms. The third kappa shape index (κ3) is 2.91. The van der Waals surface area contributed by atoms with Gasteiger partial charge in [0.05, 0.1) is 6.04 Å². The molecule has 5 heteroatoms. The van der Waals surface area contributed by atoms with Crippen molar-refractivity contribution in [1.82, 2.24) is 10.2 Å². The largest absolute Gasteiger partial charge is 0.475 e. The fraction of sp³-hybridized carbons (Fsp3) is 0.615. The number of carboxylic acid groups (broad SMARTS) is 1. The smallest absolute Gasteiger partial charge is 0.371 e. The minimum Gasteiger partial charge on any atom is -0.475 e. The minimum absolute atomic E-state index is 0.00312. The van der Waals surface area contributed by atoms with Crippen LogP contribution in [-0.4, -0.2) is 42.2 Å². The first-order valence-electron chi connectivity index (χ1n) is 6.34. The molecule has 5 nitrogen and oxygen atoms in total. The van der Waals surface area contributed by atoms with Crippen LogP contribution < -0.4 is 5.32 Å². The Morgan fingerprint density at radius 1 is 1.67 bits per heavy atom. The monoisotopic (exact) mass is 252 g/mol. The second-order valence-electron chi connectivity index (χ2n) is 4.91. The van der Waals surface area contributed by atoms with Crippen molar-refractivity contribution in [2.24, 2.45) is 0 Å². The van der Waals surface area contributed by atoms with Gasteiger partial charge in [-0.1, -0.05) is 0 Å². The van der Waals surface area contributed by atoms with Crippen molar-refractivity contribution in [2.75, 3.05) is 20.1 Å². The first kappa shape index (κ1) is 13.1. The number of carboxylic acids is 1. The number of aromatic carboxylic acids is 1. The summed E-state index contributed by atoms with van der Waals surface area (Å²) < 4.78 is 5.27. The van der Waals surface area contributed by atoms with Crippen molar-refractivity contribution in [1.29, 1.82) is 0 Å². The second kappa shape index (κ2) is 5.54. The van der Waals surface area contributed by atoms with Gasteiger partial charge in [0.15, 0.2) is 0 Å². The first-order valence-corrected chi connectivity index (χ1v) is 6.34. The van der Waals surface area contributed by atoms with Crippen LogP contribution in [0.2, 0.25) is 0 Å². The molecular weight excluding hydrogens is 232 g/mol. The average Bonchev–Trinajstić information content (AvgIpc) is 2.94. The fourth-order valence-electron chi connectivity index (χ4n) is 2.35. The third-order valence-electron chi connectivity index (χ3n) is 3.60. The number of likely N-dealkylation sites (N-methyl/N-ethyl adjacent to an activating group) is 1. The van der Waals surface area contributed by atoms with Gasteiger partial charge in [-0.2, -0.15) is 0 Å². The van der Waals surface area contributed by atoms with E-state index in [0.29, 0.717) is 11.8 Å². The van der Waals surface area contributed by atoms with Gasteiger partial charge in [0, 0.05) is 12.6 Å². The van der Waals surface area contributed by atoms with Crippen LogP contribution in [0.25, 0.3) is 0 Å². The minimum atomic E-state index is -1.02. The van der Waals surface area contributed by atoms with E-state index in [1.54, 1.807) is 6.07 Å². The Bertz CT molecular complexity index is 416. The fourth-order valence-corrected chi connectivity index (χ4v) is 2.35. The van der Waals surface area contributed by atoms with Crippen molar-refractivity contribution in [3.63, 3.8) is 0 Å². The maximum atomic E-state index is 10.7. The Labute approximate surface area is 107 Å². The van der Waals surface area contributed by atoms with Crippen LogP contribution in [0.5, 0.6) is 0 Å². The molecule has 0 radical (unpaired) electrons. The lowest BCUT2D eigenvalue weighted by Crippen LogP contribution is -2.36. The molecule has 2 heterocycles. The Morgan fingerprint density at radius 3 is 3.00 bits per heavy atom. The Morgan fingerprint density at radius 2 is 2.44 bits per heavy atom. The van der Waals surface area contributed by atoms with Gasteiger partial charge in [-0.15, -0.1) is 0 Å². The molecule has 0 aliphatic carbocycles. The molecule has 0 bridgehead atoms. The highest BCUT2D eigenvalue weighted by atomic mass is 16.4. The number of furan rings is 1. The maximum Gasteiger partial charge on any atom is 0.371 e. The predicted octanol–water partition coefficient (Wildman–Crippen LogP) is 1.72. The molecule has 2 N–H and O–H groups in total. The number of rotatable bonds is 5. The molecular formula is C13H20N2O3. The number of nitrogens with zero attached hydrogens (tertiary/aromatic N) is 1. The van der Waals surface area contributed by atoms with E-state index in [-0.39, 0.29) is 11.8 Å². The van der Waals surface area contributed by atoms with Crippen molar-refractivity contribution >= 4 is 5.97 Å². The molecule has 1 saturated heterocycles. The lowest BCUT2D eigenvalue weighted by Gasteiger charge is -2.21. The van der Waals surface area contributed by atoms with E-state index in [4.69, 9.17) is 9.52 Å². The third-order valence-corrected chi connectivity index (χ3v) is 3.60. The zero-order valence-electron chi connectivity index (χ0n) is 10.8. The van der Waals surface area contributed by atoms with Crippen molar-refractivity contribution in [3.8, 4) is 0 Å². The molecule has 100 valence electrons. The number of likely N-dealkylation sites (tertiary alicyclic amines) is 1. The quantitative estimate of drug-likeness (QED) is 0.835. The Kier molecular flexibility index (Phi) is 4.04. The topological polar surface area (TPSA) is 65.7 Å². The number of hydrogen-bond donors (Lipinski definition) is 2. The predicted molar refractivity (Wildman–Crippen MR) is 67.7 cm³/mol. The van der Waals surface area contributed by atoms with Gasteiger partial charge in [-0.25, -0.2) is 4.79 Å². The van der Waals surface area contributed by atoms with Crippen LogP contribution in [-0.2, 0) is 0 Å².